The van der Waals surface area contributed by atoms with Crippen LogP contribution in [0.1, 0.15) is 18.9 Å². The maximum Gasteiger partial charge on any atom is 0.277 e. The molecule has 6 nitrogen and oxygen atoms in total. The lowest BCUT2D eigenvalue weighted by atomic mass is 10.0. The van der Waals surface area contributed by atoms with Crippen molar-refractivity contribution in [3.05, 3.63) is 60.7 Å². The van der Waals surface area contributed by atoms with Crippen molar-refractivity contribution in [3.8, 4) is 0 Å². The summed E-state index contributed by atoms with van der Waals surface area (Å²) in [5.41, 5.74) is 2.99. The molecule has 2 aromatic carbocycles. The van der Waals surface area contributed by atoms with E-state index in [1.165, 1.54) is 0 Å². The van der Waals surface area contributed by atoms with E-state index in [0.717, 1.165) is 47.4 Å². The van der Waals surface area contributed by atoms with Gasteiger partial charge in [-0.3, -0.25) is 0 Å². The summed E-state index contributed by atoms with van der Waals surface area (Å²) < 4.78 is 26.9. The zero-order valence-electron chi connectivity index (χ0n) is 15.6. The van der Waals surface area contributed by atoms with E-state index in [2.05, 4.69) is 16.8 Å². The Hall–Kier alpha value is -2.35. The van der Waals surface area contributed by atoms with Crippen LogP contribution in [0.4, 0.5) is 11.4 Å². The standard InChI is InChI=1S/C20H26N4O2S/c1-3-16(2)19-10-9-17(23-13-11-22-12-14-23)15-20(19)24(21)27(25,26)18-7-5-4-6-8-18/h4-10,15,22H,2-3,11-14,21H2,1H3. The number of piperazine rings is 1. The molecule has 1 saturated heterocycles. The topological polar surface area (TPSA) is 78.7 Å². The highest BCUT2D eigenvalue weighted by atomic mass is 32.2. The summed E-state index contributed by atoms with van der Waals surface area (Å²) in [6.45, 7) is 9.59. The molecule has 3 N–H and O–H groups in total. The second kappa shape index (κ2) is 8.12. The maximum atomic E-state index is 13.0. The van der Waals surface area contributed by atoms with E-state index in [1.807, 2.05) is 25.1 Å². The number of nitrogens with one attached hydrogen (secondary N) is 1. The molecule has 144 valence electrons. The van der Waals surface area contributed by atoms with Crippen LogP contribution in [0.15, 0.2) is 60.0 Å². The fourth-order valence-corrected chi connectivity index (χ4v) is 4.29. The SMILES string of the molecule is C=C(CC)c1ccc(N2CCNCC2)cc1N(N)S(=O)(=O)c1ccccc1. The van der Waals surface area contributed by atoms with Gasteiger partial charge in [-0.1, -0.05) is 37.8 Å². The number of hydrazine groups is 1. The number of nitrogens with two attached hydrogens (primary N) is 1. The summed E-state index contributed by atoms with van der Waals surface area (Å²) in [5, 5.41) is 3.32. The molecule has 0 radical (unpaired) electrons. The molecular weight excluding hydrogens is 360 g/mol. The summed E-state index contributed by atoms with van der Waals surface area (Å²) in [6.07, 6.45) is 0.708. The minimum atomic E-state index is -3.86. The van der Waals surface area contributed by atoms with Crippen LogP contribution in [-0.4, -0.2) is 34.6 Å². The number of rotatable bonds is 6. The zero-order valence-corrected chi connectivity index (χ0v) is 16.4. The molecule has 1 aliphatic heterocycles. The van der Waals surface area contributed by atoms with Gasteiger partial charge < -0.3 is 10.2 Å². The summed E-state index contributed by atoms with van der Waals surface area (Å²) >= 11 is 0. The molecule has 0 aliphatic carbocycles. The van der Waals surface area contributed by atoms with Crippen LogP contribution in [0, 0.1) is 0 Å². The molecule has 0 unspecified atom stereocenters. The van der Waals surface area contributed by atoms with Crippen LogP contribution in [-0.2, 0) is 10.0 Å². The first-order valence-electron chi connectivity index (χ1n) is 9.08. The highest BCUT2D eigenvalue weighted by Gasteiger charge is 2.25. The van der Waals surface area contributed by atoms with E-state index in [-0.39, 0.29) is 4.90 Å². The Morgan fingerprint density at radius 1 is 1.19 bits per heavy atom. The Labute approximate surface area is 161 Å². The van der Waals surface area contributed by atoms with Gasteiger partial charge in [-0.2, -0.15) is 8.42 Å². The maximum absolute atomic E-state index is 13.0. The highest BCUT2D eigenvalue weighted by Crippen LogP contribution is 2.33. The van der Waals surface area contributed by atoms with Gasteiger partial charge in [0.15, 0.2) is 0 Å². The van der Waals surface area contributed by atoms with Crippen molar-refractivity contribution in [3.63, 3.8) is 0 Å². The summed E-state index contributed by atoms with van der Waals surface area (Å²) in [4.78, 5) is 2.38. The highest BCUT2D eigenvalue weighted by molar-refractivity contribution is 7.92. The number of hydrogen-bond acceptors (Lipinski definition) is 5. The van der Waals surface area contributed by atoms with Crippen LogP contribution < -0.4 is 20.5 Å². The molecule has 27 heavy (non-hydrogen) atoms. The van der Waals surface area contributed by atoms with Gasteiger partial charge in [0.2, 0.25) is 0 Å². The quantitative estimate of drug-likeness (QED) is 0.589. The molecule has 1 aliphatic rings. The van der Waals surface area contributed by atoms with E-state index in [4.69, 9.17) is 5.84 Å². The average molecular weight is 387 g/mol. The molecule has 0 atom stereocenters. The first-order valence-corrected chi connectivity index (χ1v) is 10.5. The predicted octanol–water partition coefficient (Wildman–Crippen LogP) is 2.59. The molecule has 2 aromatic rings. The van der Waals surface area contributed by atoms with Crippen molar-refractivity contribution in [1.29, 1.82) is 0 Å². The fraction of sp³-hybridized carbons (Fsp3) is 0.300. The predicted molar refractivity (Wildman–Crippen MR) is 111 cm³/mol. The molecule has 0 saturated carbocycles. The van der Waals surface area contributed by atoms with Gasteiger partial charge in [0, 0.05) is 37.4 Å². The smallest absolute Gasteiger partial charge is 0.277 e. The molecule has 7 heteroatoms. The van der Waals surface area contributed by atoms with Gasteiger partial charge in [0.05, 0.1) is 10.6 Å². The first kappa shape index (κ1) is 19.4. The van der Waals surface area contributed by atoms with Crippen molar-refractivity contribution in [2.45, 2.75) is 18.2 Å². The molecule has 1 heterocycles. The molecule has 3 rings (SSSR count). The second-order valence-electron chi connectivity index (χ2n) is 6.51. The van der Waals surface area contributed by atoms with Crippen molar-refractivity contribution in [2.75, 3.05) is 35.5 Å². The average Bonchev–Trinajstić information content (AvgIpc) is 2.73. The molecule has 1 fully saturated rings. The lowest BCUT2D eigenvalue weighted by Crippen LogP contribution is -2.43. The summed E-state index contributed by atoms with van der Waals surface area (Å²) in [6, 6.07) is 14.0. The van der Waals surface area contributed by atoms with Gasteiger partial charge in [0.25, 0.3) is 10.0 Å². The Morgan fingerprint density at radius 3 is 2.48 bits per heavy atom. The van der Waals surface area contributed by atoms with Crippen molar-refractivity contribution in [2.24, 2.45) is 5.84 Å². The number of allylic oxidation sites excluding steroid dienone is 1. The van der Waals surface area contributed by atoms with E-state index >= 15 is 0 Å². The van der Waals surface area contributed by atoms with Gasteiger partial charge in [-0.25, -0.2) is 10.3 Å². The van der Waals surface area contributed by atoms with Crippen LogP contribution in [0.25, 0.3) is 5.57 Å². The van der Waals surface area contributed by atoms with Crippen LogP contribution in [0.5, 0.6) is 0 Å². The molecule has 0 spiro atoms. The van der Waals surface area contributed by atoms with Gasteiger partial charge >= 0.3 is 0 Å². The number of anilines is 2. The van der Waals surface area contributed by atoms with E-state index in [1.54, 1.807) is 30.3 Å². The lowest BCUT2D eigenvalue weighted by molar-refractivity contribution is 0.588. The van der Waals surface area contributed by atoms with E-state index < -0.39 is 10.0 Å². The van der Waals surface area contributed by atoms with Crippen LogP contribution in [0.3, 0.4) is 0 Å². The first-order chi connectivity index (χ1) is 12.9. The lowest BCUT2D eigenvalue weighted by Gasteiger charge is -2.31. The summed E-state index contributed by atoms with van der Waals surface area (Å²) in [5.74, 6) is 6.17. The largest absolute Gasteiger partial charge is 0.369 e. The van der Waals surface area contributed by atoms with Gasteiger partial charge in [-0.05, 0) is 36.3 Å². The van der Waals surface area contributed by atoms with Gasteiger partial charge in [0.1, 0.15) is 0 Å². The molecule has 0 bridgehead atoms. The number of nitrogens with zero attached hydrogens (tertiary/aromatic N) is 2. The second-order valence-corrected chi connectivity index (χ2v) is 8.32. The third-order valence-electron chi connectivity index (χ3n) is 4.81. The Balaban J connectivity index is 2.06. The molecule has 0 aromatic heterocycles. The third-order valence-corrected chi connectivity index (χ3v) is 6.39. The van der Waals surface area contributed by atoms with Crippen LogP contribution in [0.2, 0.25) is 0 Å². The minimum absolute atomic E-state index is 0.160. The number of sulfonamides is 1. The molecular formula is C20H26N4O2S. The Kier molecular flexibility index (Phi) is 5.84. The van der Waals surface area contributed by atoms with E-state index in [9.17, 15) is 8.42 Å². The van der Waals surface area contributed by atoms with Crippen molar-refractivity contribution in [1.82, 2.24) is 5.32 Å². The zero-order chi connectivity index (χ0) is 19.4. The number of benzene rings is 2. The fourth-order valence-electron chi connectivity index (χ4n) is 3.15. The Morgan fingerprint density at radius 2 is 1.85 bits per heavy atom. The normalized spacial score (nSPS) is 14.8. The monoisotopic (exact) mass is 386 g/mol. The third kappa shape index (κ3) is 4.00. The van der Waals surface area contributed by atoms with Crippen molar-refractivity contribution >= 4 is 27.0 Å². The minimum Gasteiger partial charge on any atom is -0.369 e. The molecule has 0 amide bonds. The number of hydrogen-bond donors (Lipinski definition) is 2. The Bertz CT molecular complexity index is 907. The van der Waals surface area contributed by atoms with Crippen LogP contribution >= 0.6 is 0 Å². The van der Waals surface area contributed by atoms with E-state index in [0.29, 0.717) is 12.1 Å². The summed E-state index contributed by atoms with van der Waals surface area (Å²) in [7, 11) is -3.86. The van der Waals surface area contributed by atoms with Gasteiger partial charge in [-0.15, -0.1) is 0 Å². The van der Waals surface area contributed by atoms with Crippen molar-refractivity contribution < 1.29 is 8.42 Å².